The first-order chi connectivity index (χ1) is 10.8. The van der Waals surface area contributed by atoms with E-state index in [0.29, 0.717) is 6.54 Å². The van der Waals surface area contributed by atoms with Crippen molar-refractivity contribution in [2.75, 3.05) is 19.6 Å². The van der Waals surface area contributed by atoms with Crippen molar-refractivity contribution in [2.24, 2.45) is 0 Å². The number of halogens is 3. The summed E-state index contributed by atoms with van der Waals surface area (Å²) in [5.74, 6) is 0. The van der Waals surface area contributed by atoms with Gasteiger partial charge in [-0.05, 0) is 25.2 Å². The number of alkyl halides is 3. The van der Waals surface area contributed by atoms with Crippen LogP contribution in [-0.4, -0.2) is 34.1 Å². The molecule has 1 heterocycles. The van der Waals surface area contributed by atoms with Crippen LogP contribution < -0.4 is 5.69 Å². The summed E-state index contributed by atoms with van der Waals surface area (Å²) in [5.41, 5.74) is -1.90. The van der Waals surface area contributed by atoms with Crippen molar-refractivity contribution in [3.8, 4) is 6.07 Å². The first-order valence-corrected chi connectivity index (χ1v) is 7.28. The lowest BCUT2D eigenvalue weighted by atomic mass is 10.1. The number of nitrogens with zero attached hydrogens (tertiary/aromatic N) is 3. The molecular weight excluding hydrogens is 309 g/mol. The molecule has 0 saturated heterocycles. The maximum atomic E-state index is 13.1. The fourth-order valence-corrected chi connectivity index (χ4v) is 2.55. The Morgan fingerprint density at radius 2 is 1.96 bits per heavy atom. The van der Waals surface area contributed by atoms with Crippen LogP contribution in [0.15, 0.2) is 16.9 Å². The molecule has 0 aliphatic heterocycles. The van der Waals surface area contributed by atoms with Crippen molar-refractivity contribution in [1.29, 1.82) is 5.26 Å². The lowest BCUT2D eigenvalue weighted by Gasteiger charge is -2.18. The predicted molar refractivity (Wildman–Crippen MR) is 80.1 cm³/mol. The average Bonchev–Trinajstić information content (AvgIpc) is 2.82. The molecule has 0 bridgehead atoms. The van der Waals surface area contributed by atoms with Crippen LogP contribution in [0.4, 0.5) is 13.2 Å². The number of benzene rings is 1. The highest BCUT2D eigenvalue weighted by Gasteiger charge is 2.34. The number of aromatic amines is 1. The zero-order valence-electron chi connectivity index (χ0n) is 12.9. The van der Waals surface area contributed by atoms with Gasteiger partial charge in [0, 0.05) is 13.1 Å². The Labute approximate surface area is 130 Å². The third-order valence-electron chi connectivity index (χ3n) is 3.85. The number of hydrogen-bond acceptors (Lipinski definition) is 3. The van der Waals surface area contributed by atoms with Gasteiger partial charge >= 0.3 is 11.9 Å². The molecule has 0 saturated carbocycles. The molecule has 0 unspecified atom stereocenters. The van der Waals surface area contributed by atoms with Crippen LogP contribution in [0.2, 0.25) is 0 Å². The normalized spacial score (nSPS) is 12.0. The lowest BCUT2D eigenvalue weighted by molar-refractivity contribution is -0.136. The summed E-state index contributed by atoms with van der Waals surface area (Å²) < 4.78 is 40.7. The van der Waals surface area contributed by atoms with E-state index < -0.39 is 17.4 Å². The molecule has 1 aromatic heterocycles. The minimum absolute atomic E-state index is 0.105. The van der Waals surface area contributed by atoms with Crippen LogP contribution in [0.3, 0.4) is 0 Å². The zero-order valence-corrected chi connectivity index (χ0v) is 12.9. The highest BCUT2D eigenvalue weighted by atomic mass is 19.4. The Kier molecular flexibility index (Phi) is 4.80. The molecule has 0 aliphatic rings. The third-order valence-corrected chi connectivity index (χ3v) is 3.85. The first kappa shape index (κ1) is 17.1. The first-order valence-electron chi connectivity index (χ1n) is 7.28. The van der Waals surface area contributed by atoms with E-state index in [1.807, 2.05) is 13.8 Å². The lowest BCUT2D eigenvalue weighted by Crippen LogP contribution is -2.30. The molecule has 0 amide bonds. The van der Waals surface area contributed by atoms with E-state index in [-0.39, 0.29) is 23.1 Å². The minimum atomic E-state index is -4.64. The van der Waals surface area contributed by atoms with Crippen LogP contribution >= 0.6 is 0 Å². The van der Waals surface area contributed by atoms with Gasteiger partial charge in [0.05, 0.1) is 28.2 Å². The number of hydrogen-bond donors (Lipinski definition) is 1. The molecular formula is C15H17F3N4O. The number of H-pyrrole nitrogens is 1. The average molecular weight is 326 g/mol. The van der Waals surface area contributed by atoms with E-state index in [1.165, 1.54) is 10.6 Å². The molecule has 124 valence electrons. The van der Waals surface area contributed by atoms with E-state index in [0.717, 1.165) is 19.2 Å². The van der Waals surface area contributed by atoms with Gasteiger partial charge in [-0.25, -0.2) is 4.79 Å². The summed E-state index contributed by atoms with van der Waals surface area (Å²) in [6.45, 7) is 6.30. The number of fused-ring (bicyclic) bond motifs is 1. The van der Waals surface area contributed by atoms with Crippen LogP contribution in [-0.2, 0) is 12.7 Å². The Balaban J connectivity index is 2.57. The van der Waals surface area contributed by atoms with Crippen molar-refractivity contribution < 1.29 is 13.2 Å². The molecule has 0 spiro atoms. The Bertz CT molecular complexity index is 794. The van der Waals surface area contributed by atoms with Crippen LogP contribution in [0.25, 0.3) is 11.0 Å². The van der Waals surface area contributed by atoms with Gasteiger partial charge in [0.15, 0.2) is 0 Å². The van der Waals surface area contributed by atoms with Gasteiger partial charge in [-0.2, -0.15) is 18.4 Å². The maximum absolute atomic E-state index is 13.1. The molecule has 0 radical (unpaired) electrons. The molecule has 1 N–H and O–H groups in total. The quantitative estimate of drug-likeness (QED) is 0.918. The van der Waals surface area contributed by atoms with Crippen LogP contribution in [0.1, 0.15) is 25.0 Å². The molecule has 0 aliphatic carbocycles. The number of rotatable bonds is 5. The smallest absolute Gasteiger partial charge is 0.305 e. The molecule has 5 nitrogen and oxygen atoms in total. The van der Waals surface area contributed by atoms with Crippen LogP contribution in [0.5, 0.6) is 0 Å². The van der Waals surface area contributed by atoms with E-state index >= 15 is 0 Å². The Hall–Kier alpha value is -2.27. The Morgan fingerprint density at radius 3 is 2.48 bits per heavy atom. The topological polar surface area (TPSA) is 64.8 Å². The van der Waals surface area contributed by atoms with Gasteiger partial charge in [-0.3, -0.25) is 4.57 Å². The summed E-state index contributed by atoms with van der Waals surface area (Å²) >= 11 is 0. The van der Waals surface area contributed by atoms with Crippen molar-refractivity contribution in [3.63, 3.8) is 0 Å². The van der Waals surface area contributed by atoms with Crippen LogP contribution in [0, 0.1) is 11.3 Å². The van der Waals surface area contributed by atoms with Crippen molar-refractivity contribution in [2.45, 2.75) is 26.6 Å². The second kappa shape index (κ2) is 6.46. The van der Waals surface area contributed by atoms with Gasteiger partial charge in [0.25, 0.3) is 0 Å². The third kappa shape index (κ3) is 3.40. The van der Waals surface area contributed by atoms with Gasteiger partial charge < -0.3 is 9.88 Å². The molecule has 2 aromatic rings. The summed E-state index contributed by atoms with van der Waals surface area (Å²) in [5, 5.41) is 8.96. The highest BCUT2D eigenvalue weighted by molar-refractivity contribution is 5.81. The standard InChI is InChI=1S/C15H17F3N4O/c1-3-21(4-2)5-6-22-12-8-10(9-19)7-11(15(16,17)18)13(12)20-14(22)23/h7-8H,3-6H2,1-2H3,(H,20,23). The van der Waals surface area contributed by atoms with Gasteiger partial charge in [0.1, 0.15) is 0 Å². The fourth-order valence-electron chi connectivity index (χ4n) is 2.55. The SMILES string of the molecule is CCN(CC)CCn1c(=O)[nH]c2c(C(F)(F)F)cc(C#N)cc21. The maximum Gasteiger partial charge on any atom is 0.418 e. The number of nitriles is 1. The van der Waals surface area contributed by atoms with E-state index in [9.17, 15) is 18.0 Å². The van der Waals surface area contributed by atoms with E-state index in [4.69, 9.17) is 5.26 Å². The Morgan fingerprint density at radius 1 is 1.30 bits per heavy atom. The molecule has 2 rings (SSSR count). The van der Waals surface area contributed by atoms with Crippen molar-refractivity contribution in [1.82, 2.24) is 14.5 Å². The highest BCUT2D eigenvalue weighted by Crippen LogP contribution is 2.34. The monoisotopic (exact) mass is 326 g/mol. The van der Waals surface area contributed by atoms with E-state index in [2.05, 4.69) is 9.88 Å². The summed E-state index contributed by atoms with van der Waals surface area (Å²) in [6, 6.07) is 3.78. The molecule has 0 atom stereocenters. The minimum Gasteiger partial charge on any atom is -0.305 e. The second-order valence-electron chi connectivity index (χ2n) is 5.14. The zero-order chi connectivity index (χ0) is 17.2. The predicted octanol–water partition coefficient (Wildman–Crippen LogP) is 2.56. The molecule has 23 heavy (non-hydrogen) atoms. The summed E-state index contributed by atoms with van der Waals surface area (Å²) in [4.78, 5) is 16.4. The van der Waals surface area contributed by atoms with E-state index in [1.54, 1.807) is 6.07 Å². The fraction of sp³-hybridized carbons (Fsp3) is 0.467. The van der Waals surface area contributed by atoms with Crippen molar-refractivity contribution in [3.05, 3.63) is 33.7 Å². The summed E-state index contributed by atoms with van der Waals surface area (Å²) in [7, 11) is 0. The second-order valence-corrected chi connectivity index (χ2v) is 5.14. The number of nitrogens with one attached hydrogen (secondary N) is 1. The van der Waals surface area contributed by atoms with Gasteiger partial charge in [0.2, 0.25) is 0 Å². The number of likely N-dealkylation sites (N-methyl/N-ethyl adjacent to an activating group) is 1. The number of imidazole rings is 1. The number of aromatic nitrogens is 2. The van der Waals surface area contributed by atoms with Gasteiger partial charge in [-0.15, -0.1) is 0 Å². The summed E-state index contributed by atoms with van der Waals surface area (Å²) in [6.07, 6.45) is -4.64. The molecule has 0 fully saturated rings. The van der Waals surface area contributed by atoms with Gasteiger partial charge in [-0.1, -0.05) is 13.8 Å². The van der Waals surface area contributed by atoms with Crippen molar-refractivity contribution >= 4 is 11.0 Å². The molecule has 8 heteroatoms. The molecule has 1 aromatic carbocycles. The largest absolute Gasteiger partial charge is 0.418 e.